The Bertz CT molecular complexity index is 1240. The number of nitrogens with zero attached hydrogens (tertiary/aromatic N) is 2. The maximum atomic E-state index is 14.4. The third-order valence-corrected chi connectivity index (χ3v) is 9.69. The molecule has 3 aliphatic rings. The van der Waals surface area contributed by atoms with Crippen LogP contribution in [0.4, 0.5) is 4.39 Å². The van der Waals surface area contributed by atoms with Crippen molar-refractivity contribution in [1.29, 1.82) is 0 Å². The molecule has 2 heterocycles. The number of amidine groups is 1. The van der Waals surface area contributed by atoms with E-state index in [-0.39, 0.29) is 24.6 Å². The van der Waals surface area contributed by atoms with Crippen LogP contribution < -0.4 is 4.72 Å². The van der Waals surface area contributed by atoms with Crippen LogP contribution in [0.5, 0.6) is 0 Å². The summed E-state index contributed by atoms with van der Waals surface area (Å²) in [6.07, 6.45) is 5.05. The van der Waals surface area contributed by atoms with Gasteiger partial charge in [0.1, 0.15) is 16.7 Å². The maximum absolute atomic E-state index is 14.4. The highest BCUT2D eigenvalue weighted by Gasteiger charge is 2.48. The molecule has 2 atom stereocenters. The summed E-state index contributed by atoms with van der Waals surface area (Å²) in [7, 11) is -3.90. The van der Waals surface area contributed by atoms with Crippen LogP contribution >= 0.6 is 0 Å². The number of likely N-dealkylation sites (tertiary alicyclic amines) is 1. The average molecular weight is 530 g/mol. The van der Waals surface area contributed by atoms with Crippen LogP contribution in [-0.2, 0) is 14.8 Å². The van der Waals surface area contributed by atoms with Crippen LogP contribution in [0.1, 0.15) is 79.9 Å². The standard InChI is InChI=1S/C28H36FN3O4S/c1-28(2)26(21-9-7-19(8-10-21)20-13-16-32(17-14-20)22-11-12-22)37(34,35)31-27(36-28)30-25(15-18-33)23-5-3-4-6-24(23)29/h3-10,20,22,25-26,33H,11-18H2,1-2H3,(H,30,31). The normalized spacial score (nSPS) is 25.8. The summed E-state index contributed by atoms with van der Waals surface area (Å²) < 4.78 is 49.8. The monoisotopic (exact) mass is 529 g/mol. The number of benzene rings is 2. The number of nitrogens with one attached hydrogen (secondary N) is 1. The van der Waals surface area contributed by atoms with Crippen molar-refractivity contribution in [2.45, 2.75) is 74.8 Å². The van der Waals surface area contributed by atoms with E-state index in [1.54, 1.807) is 32.0 Å². The molecule has 0 aromatic heterocycles. The van der Waals surface area contributed by atoms with E-state index in [9.17, 15) is 17.9 Å². The lowest BCUT2D eigenvalue weighted by Gasteiger charge is -2.39. The van der Waals surface area contributed by atoms with Gasteiger partial charge in [-0.05, 0) is 82.2 Å². The van der Waals surface area contributed by atoms with E-state index in [0.29, 0.717) is 11.5 Å². The highest BCUT2D eigenvalue weighted by atomic mass is 32.2. The molecule has 0 radical (unpaired) electrons. The summed E-state index contributed by atoms with van der Waals surface area (Å²) in [4.78, 5) is 6.97. The highest BCUT2D eigenvalue weighted by Crippen LogP contribution is 2.40. The summed E-state index contributed by atoms with van der Waals surface area (Å²) in [6.45, 7) is 5.46. The molecule has 7 nitrogen and oxygen atoms in total. The molecule has 1 aliphatic carbocycles. The largest absolute Gasteiger partial charge is 0.457 e. The second kappa shape index (κ2) is 10.3. The van der Waals surface area contributed by atoms with Crippen molar-refractivity contribution in [2.75, 3.05) is 19.7 Å². The van der Waals surface area contributed by atoms with E-state index in [4.69, 9.17) is 4.74 Å². The van der Waals surface area contributed by atoms with Crippen LogP contribution in [0, 0.1) is 5.82 Å². The van der Waals surface area contributed by atoms with Crippen LogP contribution in [0.15, 0.2) is 53.5 Å². The smallest absolute Gasteiger partial charge is 0.299 e. The number of rotatable bonds is 7. The SMILES string of the molecule is CC1(C)OC(=NC(CCO)c2ccccc2F)NS(=O)(=O)C1c1ccc(C2CCN(C3CC3)CC2)cc1. The molecule has 200 valence electrons. The Hall–Kier alpha value is -2.49. The summed E-state index contributed by atoms with van der Waals surface area (Å²) in [5, 5.41) is 8.55. The van der Waals surface area contributed by atoms with E-state index in [2.05, 4.69) is 26.7 Å². The molecule has 2 unspecified atom stereocenters. The lowest BCUT2D eigenvalue weighted by molar-refractivity contribution is 0.0758. The second-order valence-corrected chi connectivity index (χ2v) is 12.7. The second-order valence-electron chi connectivity index (χ2n) is 10.9. The first-order valence-electron chi connectivity index (χ1n) is 13.2. The maximum Gasteiger partial charge on any atom is 0.299 e. The predicted octanol–water partition coefficient (Wildman–Crippen LogP) is 4.42. The molecular formula is C28H36FN3O4S. The topological polar surface area (TPSA) is 91.2 Å². The Kier molecular flexibility index (Phi) is 7.31. The van der Waals surface area contributed by atoms with Crippen molar-refractivity contribution in [3.63, 3.8) is 0 Å². The Morgan fingerprint density at radius 1 is 1.08 bits per heavy atom. The van der Waals surface area contributed by atoms with Gasteiger partial charge in [-0.1, -0.05) is 42.5 Å². The number of halogens is 1. The van der Waals surface area contributed by atoms with Gasteiger partial charge in [0.25, 0.3) is 6.02 Å². The van der Waals surface area contributed by atoms with Crippen molar-refractivity contribution < 1.29 is 22.7 Å². The number of piperidine rings is 1. The number of aliphatic imine (C=N–C) groups is 1. The molecule has 5 rings (SSSR count). The molecule has 2 aromatic rings. The molecule has 2 aromatic carbocycles. The van der Waals surface area contributed by atoms with Crippen molar-refractivity contribution in [2.24, 2.45) is 4.99 Å². The zero-order valence-electron chi connectivity index (χ0n) is 21.4. The van der Waals surface area contributed by atoms with Gasteiger partial charge < -0.3 is 14.7 Å². The number of aliphatic hydroxyl groups is 1. The quantitative estimate of drug-likeness (QED) is 0.554. The van der Waals surface area contributed by atoms with Gasteiger partial charge in [0.05, 0.1) is 6.04 Å². The summed E-state index contributed by atoms with van der Waals surface area (Å²) in [5.74, 6) is 0.0226. The van der Waals surface area contributed by atoms with E-state index in [0.717, 1.165) is 32.0 Å². The van der Waals surface area contributed by atoms with Gasteiger partial charge in [-0.3, -0.25) is 0 Å². The fourth-order valence-corrected chi connectivity index (χ4v) is 7.56. The zero-order chi connectivity index (χ0) is 26.2. The van der Waals surface area contributed by atoms with Crippen molar-refractivity contribution >= 4 is 16.0 Å². The Labute approximate surface area is 218 Å². The zero-order valence-corrected chi connectivity index (χ0v) is 22.3. The van der Waals surface area contributed by atoms with E-state index >= 15 is 0 Å². The van der Waals surface area contributed by atoms with Gasteiger partial charge in [0, 0.05) is 18.2 Å². The molecule has 2 aliphatic heterocycles. The molecule has 9 heteroatoms. The van der Waals surface area contributed by atoms with E-state index < -0.39 is 32.7 Å². The van der Waals surface area contributed by atoms with Crippen LogP contribution in [0.3, 0.4) is 0 Å². The van der Waals surface area contributed by atoms with Gasteiger partial charge in [-0.15, -0.1) is 0 Å². The minimum Gasteiger partial charge on any atom is -0.457 e. The fraction of sp³-hybridized carbons (Fsp3) is 0.536. The third kappa shape index (κ3) is 5.68. The molecule has 3 fully saturated rings. The van der Waals surface area contributed by atoms with Crippen LogP contribution in [0.25, 0.3) is 0 Å². The predicted molar refractivity (Wildman–Crippen MR) is 141 cm³/mol. The lowest BCUT2D eigenvalue weighted by Crippen LogP contribution is -2.53. The molecule has 0 bridgehead atoms. The molecule has 37 heavy (non-hydrogen) atoms. The lowest BCUT2D eigenvalue weighted by atomic mass is 9.88. The number of ether oxygens (including phenoxy) is 1. The Balaban J connectivity index is 1.34. The molecular weight excluding hydrogens is 493 g/mol. The average Bonchev–Trinajstić information content (AvgIpc) is 3.69. The minimum atomic E-state index is -3.90. The van der Waals surface area contributed by atoms with Gasteiger partial charge >= 0.3 is 0 Å². The number of sulfonamides is 1. The minimum absolute atomic E-state index is 0.125. The number of hydrogen-bond acceptors (Lipinski definition) is 6. The van der Waals surface area contributed by atoms with Gasteiger partial charge in [-0.25, -0.2) is 22.5 Å². The van der Waals surface area contributed by atoms with E-state index in [1.807, 2.05) is 12.1 Å². The molecule has 0 spiro atoms. The highest BCUT2D eigenvalue weighted by molar-refractivity contribution is 7.90. The number of aliphatic hydroxyl groups excluding tert-OH is 1. The first-order valence-corrected chi connectivity index (χ1v) is 14.7. The van der Waals surface area contributed by atoms with Gasteiger partial charge in [-0.2, -0.15) is 0 Å². The first kappa shape index (κ1) is 26.1. The first-order chi connectivity index (χ1) is 17.7. The van der Waals surface area contributed by atoms with Gasteiger partial charge in [0.2, 0.25) is 10.0 Å². The Morgan fingerprint density at radius 2 is 1.73 bits per heavy atom. The summed E-state index contributed by atoms with van der Waals surface area (Å²) >= 11 is 0. The van der Waals surface area contributed by atoms with Crippen molar-refractivity contribution in [3.05, 3.63) is 71.0 Å². The molecule has 1 saturated carbocycles. The molecule has 2 saturated heterocycles. The summed E-state index contributed by atoms with van der Waals surface area (Å²) in [5.41, 5.74) is 1.04. The number of hydrogen-bond donors (Lipinski definition) is 2. The van der Waals surface area contributed by atoms with Crippen LogP contribution in [-0.4, -0.2) is 55.8 Å². The fourth-order valence-electron chi connectivity index (χ4n) is 5.79. The molecule has 0 amide bonds. The summed E-state index contributed by atoms with van der Waals surface area (Å²) in [6, 6.07) is 13.8. The third-order valence-electron chi connectivity index (χ3n) is 7.77. The van der Waals surface area contributed by atoms with E-state index in [1.165, 1.54) is 24.5 Å². The van der Waals surface area contributed by atoms with Crippen LogP contribution in [0.2, 0.25) is 0 Å². The van der Waals surface area contributed by atoms with Gasteiger partial charge in [0.15, 0.2) is 0 Å². The Morgan fingerprint density at radius 3 is 2.32 bits per heavy atom. The molecule has 2 N–H and O–H groups in total. The van der Waals surface area contributed by atoms with Crippen molar-refractivity contribution in [3.8, 4) is 0 Å². The van der Waals surface area contributed by atoms with Crippen molar-refractivity contribution in [1.82, 2.24) is 9.62 Å².